The molecule has 1 amide bonds. The Morgan fingerprint density at radius 1 is 0.895 bits per heavy atom. The van der Waals surface area contributed by atoms with Gasteiger partial charge in [0, 0.05) is 50.4 Å². The van der Waals surface area contributed by atoms with Gasteiger partial charge in [-0.05, 0) is 48.0 Å². The first-order chi connectivity index (χ1) is 18.2. The Hall–Kier alpha value is -3.96. The molecular formula is C27H23F3N4O3S. The number of hydrogen-bond donors (Lipinski definition) is 1. The number of carbonyl (C=O) groups is 1. The molecule has 0 saturated carbocycles. The zero-order chi connectivity index (χ0) is 26.9. The fourth-order valence-electron chi connectivity index (χ4n) is 4.50. The van der Waals surface area contributed by atoms with E-state index in [-0.39, 0.29) is 21.7 Å². The lowest BCUT2D eigenvalue weighted by molar-refractivity contribution is 0.0624. The molecule has 196 valence electrons. The summed E-state index contributed by atoms with van der Waals surface area (Å²) in [6.07, 6.45) is 1.49. The van der Waals surface area contributed by atoms with E-state index in [4.69, 9.17) is 0 Å². The number of anilines is 1. The molecule has 0 aliphatic carbocycles. The number of benzene rings is 3. The molecule has 7 nitrogen and oxygen atoms in total. The molecular weight excluding hydrogens is 517 g/mol. The van der Waals surface area contributed by atoms with E-state index < -0.39 is 33.4 Å². The van der Waals surface area contributed by atoms with Gasteiger partial charge in [0.25, 0.3) is 15.9 Å². The molecule has 38 heavy (non-hydrogen) atoms. The van der Waals surface area contributed by atoms with Gasteiger partial charge in [-0.25, -0.2) is 21.6 Å². The molecule has 4 aromatic rings. The van der Waals surface area contributed by atoms with Crippen LogP contribution in [-0.2, 0) is 16.6 Å². The number of nitrogens with zero attached hydrogens (tertiary/aromatic N) is 3. The van der Waals surface area contributed by atoms with Gasteiger partial charge < -0.3 is 4.90 Å². The zero-order valence-corrected chi connectivity index (χ0v) is 20.9. The fourth-order valence-corrected chi connectivity index (χ4v) is 5.73. The Bertz CT molecular complexity index is 1600. The molecule has 0 bridgehead atoms. The van der Waals surface area contributed by atoms with E-state index in [0.29, 0.717) is 43.7 Å². The van der Waals surface area contributed by atoms with Crippen LogP contribution in [0, 0.1) is 17.5 Å². The highest BCUT2D eigenvalue weighted by Gasteiger charge is 2.25. The smallest absolute Gasteiger partial charge is 0.264 e. The minimum Gasteiger partial charge on any atom is -0.336 e. The summed E-state index contributed by atoms with van der Waals surface area (Å²) >= 11 is 0. The minimum absolute atomic E-state index is 0.0286. The quantitative estimate of drug-likeness (QED) is 0.392. The van der Waals surface area contributed by atoms with Crippen molar-refractivity contribution < 1.29 is 26.4 Å². The van der Waals surface area contributed by atoms with Gasteiger partial charge >= 0.3 is 0 Å². The van der Waals surface area contributed by atoms with Gasteiger partial charge in [0.15, 0.2) is 0 Å². The second kappa shape index (κ2) is 10.4. The number of amides is 1. The molecule has 1 N–H and O–H groups in total. The van der Waals surface area contributed by atoms with Crippen molar-refractivity contribution in [1.29, 1.82) is 0 Å². The van der Waals surface area contributed by atoms with Crippen LogP contribution in [0.1, 0.15) is 15.9 Å². The number of para-hydroxylation sites is 1. The number of piperazine rings is 1. The van der Waals surface area contributed by atoms with Crippen molar-refractivity contribution in [3.63, 3.8) is 0 Å². The molecule has 1 saturated heterocycles. The van der Waals surface area contributed by atoms with Gasteiger partial charge in [-0.15, -0.1) is 0 Å². The van der Waals surface area contributed by atoms with Crippen molar-refractivity contribution in [3.8, 4) is 0 Å². The molecule has 1 aliphatic rings. The lowest BCUT2D eigenvalue weighted by Gasteiger charge is -2.34. The Kier molecular flexibility index (Phi) is 7.04. The number of rotatable bonds is 6. The Labute approximate surface area is 217 Å². The lowest BCUT2D eigenvalue weighted by atomic mass is 10.1. The summed E-state index contributed by atoms with van der Waals surface area (Å²) in [7, 11) is -4.07. The maximum Gasteiger partial charge on any atom is 0.264 e. The van der Waals surface area contributed by atoms with Crippen LogP contribution >= 0.6 is 0 Å². The summed E-state index contributed by atoms with van der Waals surface area (Å²) in [5, 5.41) is 0.644. The third-order valence-corrected chi connectivity index (χ3v) is 7.74. The van der Waals surface area contributed by atoms with Crippen molar-refractivity contribution in [3.05, 3.63) is 102 Å². The van der Waals surface area contributed by atoms with Crippen LogP contribution in [0.2, 0.25) is 0 Å². The van der Waals surface area contributed by atoms with E-state index in [2.05, 4.69) is 9.71 Å². The van der Waals surface area contributed by atoms with E-state index >= 15 is 0 Å². The summed E-state index contributed by atoms with van der Waals surface area (Å²) in [5.74, 6) is -2.68. The molecule has 1 aliphatic heterocycles. The Balaban J connectivity index is 1.25. The van der Waals surface area contributed by atoms with Gasteiger partial charge in [-0.3, -0.25) is 19.4 Å². The Morgan fingerprint density at radius 2 is 1.61 bits per heavy atom. The summed E-state index contributed by atoms with van der Waals surface area (Å²) < 4.78 is 70.2. The van der Waals surface area contributed by atoms with Crippen LogP contribution in [0.15, 0.2) is 77.8 Å². The normalized spacial score (nSPS) is 14.6. The highest BCUT2D eigenvalue weighted by molar-refractivity contribution is 7.93. The van der Waals surface area contributed by atoms with Gasteiger partial charge in [0.05, 0.1) is 16.8 Å². The number of pyridine rings is 1. The lowest BCUT2D eigenvalue weighted by Crippen LogP contribution is -2.48. The summed E-state index contributed by atoms with van der Waals surface area (Å²) in [6.45, 7) is 1.83. The molecule has 5 rings (SSSR count). The van der Waals surface area contributed by atoms with E-state index in [1.165, 1.54) is 41.4 Å². The first-order valence-corrected chi connectivity index (χ1v) is 13.3. The highest BCUT2D eigenvalue weighted by atomic mass is 32.2. The van der Waals surface area contributed by atoms with E-state index in [1.807, 2.05) is 4.90 Å². The van der Waals surface area contributed by atoms with Crippen molar-refractivity contribution in [2.75, 3.05) is 30.9 Å². The van der Waals surface area contributed by atoms with Crippen LogP contribution in [0.3, 0.4) is 0 Å². The predicted molar refractivity (Wildman–Crippen MR) is 136 cm³/mol. The largest absolute Gasteiger partial charge is 0.336 e. The van der Waals surface area contributed by atoms with Gasteiger partial charge in [0.1, 0.15) is 22.3 Å². The second-order valence-electron chi connectivity index (χ2n) is 8.98. The number of nitrogens with one attached hydrogen (secondary N) is 1. The first-order valence-electron chi connectivity index (χ1n) is 11.8. The molecule has 1 aromatic heterocycles. The number of sulfonamides is 1. The van der Waals surface area contributed by atoms with E-state index in [1.54, 1.807) is 24.3 Å². The maximum atomic E-state index is 14.9. The number of aromatic nitrogens is 1. The molecule has 0 atom stereocenters. The van der Waals surface area contributed by atoms with Crippen LogP contribution in [0.25, 0.3) is 10.9 Å². The molecule has 3 aromatic carbocycles. The molecule has 0 spiro atoms. The van der Waals surface area contributed by atoms with Crippen molar-refractivity contribution >= 4 is 32.5 Å². The fraction of sp³-hybridized carbons (Fsp3) is 0.185. The number of halogens is 3. The van der Waals surface area contributed by atoms with Crippen LogP contribution in [-0.4, -0.2) is 55.3 Å². The first kappa shape index (κ1) is 25.7. The summed E-state index contributed by atoms with van der Waals surface area (Å²) in [5.41, 5.74) is 0.571. The average Bonchev–Trinajstić information content (AvgIpc) is 2.88. The third-order valence-electron chi connectivity index (χ3n) is 6.32. The van der Waals surface area contributed by atoms with E-state index in [0.717, 1.165) is 12.1 Å². The SMILES string of the molecule is O=C(c1ccc(NS(=O)(=O)c2cccc3cccnc23)cc1F)N1CCN(Cc2cc(F)cc(F)c2)CC1. The van der Waals surface area contributed by atoms with Crippen LogP contribution in [0.4, 0.5) is 18.9 Å². The standard InChI is InChI=1S/C27H23F3N4O3S/c28-20-13-18(14-21(29)15-20)17-33-9-11-34(12-10-33)27(35)23-7-6-22(16-24(23)30)32-38(36,37)25-5-1-3-19-4-2-8-31-26(19)25/h1-8,13-16,32H,9-12,17H2. The summed E-state index contributed by atoms with van der Waals surface area (Å²) in [6, 6.07) is 15.1. The number of fused-ring (bicyclic) bond motifs is 1. The minimum atomic E-state index is -4.07. The maximum absolute atomic E-state index is 14.9. The molecule has 11 heteroatoms. The highest BCUT2D eigenvalue weighted by Crippen LogP contribution is 2.25. The van der Waals surface area contributed by atoms with Crippen LogP contribution < -0.4 is 4.72 Å². The van der Waals surface area contributed by atoms with E-state index in [9.17, 15) is 26.4 Å². The number of carbonyl (C=O) groups excluding carboxylic acids is 1. The van der Waals surface area contributed by atoms with Crippen LogP contribution in [0.5, 0.6) is 0 Å². The van der Waals surface area contributed by atoms with Crippen molar-refractivity contribution in [1.82, 2.24) is 14.8 Å². The predicted octanol–water partition coefficient (Wildman–Crippen LogP) is 4.41. The van der Waals surface area contributed by atoms with Gasteiger partial charge in [-0.1, -0.05) is 18.2 Å². The van der Waals surface area contributed by atoms with Crippen molar-refractivity contribution in [2.45, 2.75) is 11.4 Å². The number of hydrogen-bond acceptors (Lipinski definition) is 5. The Morgan fingerprint density at radius 3 is 2.32 bits per heavy atom. The molecule has 1 fully saturated rings. The third kappa shape index (κ3) is 5.48. The molecule has 2 heterocycles. The topological polar surface area (TPSA) is 82.6 Å². The second-order valence-corrected chi connectivity index (χ2v) is 10.6. The molecule has 0 unspecified atom stereocenters. The average molecular weight is 541 g/mol. The zero-order valence-electron chi connectivity index (χ0n) is 20.1. The van der Waals surface area contributed by atoms with Crippen molar-refractivity contribution in [2.24, 2.45) is 0 Å². The van der Waals surface area contributed by atoms with Gasteiger partial charge in [-0.2, -0.15) is 0 Å². The molecule has 0 radical (unpaired) electrons. The monoisotopic (exact) mass is 540 g/mol. The summed E-state index contributed by atoms with van der Waals surface area (Å²) in [4.78, 5) is 20.5. The van der Waals surface area contributed by atoms with Gasteiger partial charge in [0.2, 0.25) is 0 Å².